The van der Waals surface area contributed by atoms with Crippen LogP contribution in [0.15, 0.2) is 51.9 Å². The van der Waals surface area contributed by atoms with Crippen molar-refractivity contribution in [1.29, 1.82) is 0 Å². The summed E-state index contributed by atoms with van der Waals surface area (Å²) in [6.07, 6.45) is 1.95. The maximum Gasteiger partial charge on any atom is 0.256 e. The Morgan fingerprint density at radius 1 is 1.20 bits per heavy atom. The molecule has 4 rings (SSSR count). The van der Waals surface area contributed by atoms with Crippen LogP contribution in [-0.4, -0.2) is 32.3 Å². The summed E-state index contributed by atoms with van der Waals surface area (Å²) < 4.78 is 16.9. The third kappa shape index (κ3) is 4.61. The summed E-state index contributed by atoms with van der Waals surface area (Å²) in [5.41, 5.74) is 1.44. The third-order valence-electron chi connectivity index (χ3n) is 4.83. The van der Waals surface area contributed by atoms with Crippen LogP contribution in [0.1, 0.15) is 23.2 Å². The van der Waals surface area contributed by atoms with Crippen molar-refractivity contribution < 1.29 is 18.7 Å². The number of halogens is 2. The lowest BCUT2D eigenvalue weighted by Gasteiger charge is -2.11. The van der Waals surface area contributed by atoms with Gasteiger partial charge in [-0.1, -0.05) is 23.2 Å². The molecule has 1 N–H and O–H groups in total. The number of fused-ring (bicyclic) bond motifs is 1. The highest BCUT2D eigenvalue weighted by molar-refractivity contribution is 6.31. The van der Waals surface area contributed by atoms with Crippen molar-refractivity contribution in [1.82, 2.24) is 5.32 Å². The summed E-state index contributed by atoms with van der Waals surface area (Å²) in [4.78, 5) is 17.5. The van der Waals surface area contributed by atoms with Crippen LogP contribution in [0.3, 0.4) is 0 Å². The van der Waals surface area contributed by atoms with Gasteiger partial charge in [-0.15, -0.1) is 0 Å². The molecule has 1 saturated heterocycles. The Morgan fingerprint density at radius 3 is 2.77 bits per heavy atom. The molecule has 1 amide bonds. The Kier molecular flexibility index (Phi) is 6.27. The first-order chi connectivity index (χ1) is 14.5. The molecule has 0 spiro atoms. The molecule has 3 aromatic rings. The topological polar surface area (TPSA) is 73.1 Å². The van der Waals surface area contributed by atoms with E-state index >= 15 is 0 Å². The number of nitrogens with zero attached hydrogens (tertiary/aromatic N) is 1. The van der Waals surface area contributed by atoms with Crippen molar-refractivity contribution >= 4 is 45.8 Å². The Balaban J connectivity index is 1.80. The molecule has 1 atom stereocenters. The molecule has 8 heteroatoms. The molecule has 1 aliphatic rings. The zero-order valence-corrected chi connectivity index (χ0v) is 17.8. The van der Waals surface area contributed by atoms with Gasteiger partial charge in [-0.25, -0.2) is 4.99 Å². The molecule has 1 aliphatic heterocycles. The fourth-order valence-electron chi connectivity index (χ4n) is 3.31. The van der Waals surface area contributed by atoms with Gasteiger partial charge >= 0.3 is 0 Å². The van der Waals surface area contributed by atoms with E-state index in [0.29, 0.717) is 39.0 Å². The first-order valence-electron chi connectivity index (χ1n) is 9.55. The van der Waals surface area contributed by atoms with Crippen molar-refractivity contribution in [3.63, 3.8) is 0 Å². The zero-order chi connectivity index (χ0) is 21.1. The van der Waals surface area contributed by atoms with Gasteiger partial charge in [0.05, 0.1) is 13.2 Å². The number of methoxy groups -OCH3 is 1. The van der Waals surface area contributed by atoms with E-state index in [1.807, 2.05) is 0 Å². The number of amides is 1. The average molecular weight is 447 g/mol. The normalized spacial score (nSPS) is 16.8. The Bertz CT molecular complexity index is 1150. The molecule has 0 unspecified atom stereocenters. The number of benzene rings is 2. The van der Waals surface area contributed by atoms with Gasteiger partial charge < -0.3 is 19.2 Å². The summed E-state index contributed by atoms with van der Waals surface area (Å²) in [7, 11) is 1.54. The molecule has 30 heavy (non-hydrogen) atoms. The van der Waals surface area contributed by atoms with Crippen molar-refractivity contribution in [2.75, 3.05) is 20.3 Å². The molecule has 6 nitrogen and oxygen atoms in total. The molecule has 2 aromatic carbocycles. The second kappa shape index (κ2) is 9.08. The summed E-state index contributed by atoms with van der Waals surface area (Å²) in [6.45, 7) is 1.14. The van der Waals surface area contributed by atoms with Gasteiger partial charge in [0.15, 0.2) is 0 Å². The molecule has 1 aromatic heterocycles. The summed E-state index contributed by atoms with van der Waals surface area (Å²) in [6, 6.07) is 12.0. The largest absolute Gasteiger partial charge is 0.494 e. The molecular formula is C22H20Cl2N2O4. The SMILES string of the molecule is COc1ccc(Cl)cc1N=c1oc2ccc(Cl)cc2cc1C(=O)NC[C@@H]1CCCO1. The monoisotopic (exact) mass is 446 g/mol. The number of carbonyl (C=O) groups excluding carboxylic acids is 1. The molecule has 0 saturated carbocycles. The van der Waals surface area contributed by atoms with E-state index in [-0.39, 0.29) is 23.1 Å². The second-order valence-electron chi connectivity index (χ2n) is 6.92. The molecule has 2 heterocycles. The van der Waals surface area contributed by atoms with Crippen LogP contribution in [0.2, 0.25) is 10.0 Å². The zero-order valence-electron chi connectivity index (χ0n) is 16.3. The fraction of sp³-hybridized carbons (Fsp3) is 0.273. The van der Waals surface area contributed by atoms with Gasteiger partial charge in [-0.05, 0) is 55.3 Å². The van der Waals surface area contributed by atoms with Crippen LogP contribution in [0.5, 0.6) is 5.75 Å². The number of carbonyl (C=O) groups is 1. The molecule has 0 aliphatic carbocycles. The van der Waals surface area contributed by atoms with Crippen LogP contribution in [0.4, 0.5) is 5.69 Å². The van der Waals surface area contributed by atoms with Crippen molar-refractivity contribution in [2.24, 2.45) is 4.99 Å². The first kappa shape index (κ1) is 20.7. The minimum absolute atomic E-state index is 0.0224. The summed E-state index contributed by atoms with van der Waals surface area (Å²) in [5.74, 6) is 0.201. The van der Waals surface area contributed by atoms with E-state index in [1.165, 1.54) is 7.11 Å². The second-order valence-corrected chi connectivity index (χ2v) is 7.79. The van der Waals surface area contributed by atoms with Gasteiger partial charge in [0.2, 0.25) is 5.55 Å². The molecular weight excluding hydrogens is 427 g/mol. The van der Waals surface area contributed by atoms with Crippen molar-refractivity contribution in [3.05, 3.63) is 63.6 Å². The van der Waals surface area contributed by atoms with Gasteiger partial charge in [-0.2, -0.15) is 0 Å². The highest BCUT2D eigenvalue weighted by Gasteiger charge is 2.19. The van der Waals surface area contributed by atoms with E-state index < -0.39 is 0 Å². The number of hydrogen-bond donors (Lipinski definition) is 1. The van der Waals surface area contributed by atoms with E-state index in [9.17, 15) is 4.79 Å². The van der Waals surface area contributed by atoms with Crippen LogP contribution in [0.25, 0.3) is 11.0 Å². The lowest BCUT2D eigenvalue weighted by molar-refractivity contribution is 0.0854. The Morgan fingerprint density at radius 2 is 2.00 bits per heavy atom. The predicted octanol–water partition coefficient (Wildman–Crippen LogP) is 4.89. The third-order valence-corrected chi connectivity index (χ3v) is 5.30. The molecule has 156 valence electrons. The predicted molar refractivity (Wildman–Crippen MR) is 116 cm³/mol. The van der Waals surface area contributed by atoms with Crippen molar-refractivity contribution in [3.8, 4) is 5.75 Å². The minimum Gasteiger partial charge on any atom is -0.494 e. The maximum atomic E-state index is 13.0. The van der Waals surface area contributed by atoms with Crippen LogP contribution in [-0.2, 0) is 4.74 Å². The smallest absolute Gasteiger partial charge is 0.256 e. The van der Waals surface area contributed by atoms with Crippen LogP contribution >= 0.6 is 23.2 Å². The van der Waals surface area contributed by atoms with E-state index in [2.05, 4.69) is 10.3 Å². The highest BCUT2D eigenvalue weighted by Crippen LogP contribution is 2.30. The van der Waals surface area contributed by atoms with E-state index in [0.717, 1.165) is 19.4 Å². The number of rotatable bonds is 5. The number of nitrogens with one attached hydrogen (secondary N) is 1. The maximum absolute atomic E-state index is 13.0. The summed E-state index contributed by atoms with van der Waals surface area (Å²) in [5, 5.41) is 4.65. The number of hydrogen-bond acceptors (Lipinski definition) is 5. The standard InChI is InChI=1S/C22H20Cl2N2O4/c1-28-20-7-5-15(24)11-18(20)26-22-17(21(27)25-12-16-3-2-8-29-16)10-13-9-14(23)4-6-19(13)30-22/h4-7,9-11,16H,2-3,8,12H2,1H3,(H,25,27)/t16-/m0/s1. The van der Waals surface area contributed by atoms with Gasteiger partial charge in [0, 0.05) is 28.6 Å². The molecule has 0 radical (unpaired) electrons. The highest BCUT2D eigenvalue weighted by atomic mass is 35.5. The van der Waals surface area contributed by atoms with E-state index in [4.69, 9.17) is 37.1 Å². The quantitative estimate of drug-likeness (QED) is 0.605. The Labute approximate surface area is 183 Å². The molecule has 1 fully saturated rings. The van der Waals surface area contributed by atoms with E-state index in [1.54, 1.807) is 42.5 Å². The van der Waals surface area contributed by atoms with Gasteiger partial charge in [-0.3, -0.25) is 4.79 Å². The average Bonchev–Trinajstić information content (AvgIpc) is 3.25. The Hall–Kier alpha value is -2.54. The number of ether oxygens (including phenoxy) is 2. The van der Waals surface area contributed by atoms with Crippen molar-refractivity contribution in [2.45, 2.75) is 18.9 Å². The van der Waals surface area contributed by atoms with Gasteiger partial charge in [0.25, 0.3) is 5.91 Å². The lowest BCUT2D eigenvalue weighted by atomic mass is 10.1. The minimum atomic E-state index is -0.309. The summed E-state index contributed by atoms with van der Waals surface area (Å²) >= 11 is 12.2. The fourth-order valence-corrected chi connectivity index (χ4v) is 3.66. The van der Waals surface area contributed by atoms with Crippen LogP contribution in [0, 0.1) is 0 Å². The van der Waals surface area contributed by atoms with Crippen LogP contribution < -0.4 is 15.6 Å². The lowest BCUT2D eigenvalue weighted by Crippen LogP contribution is -2.34. The van der Waals surface area contributed by atoms with Gasteiger partial charge in [0.1, 0.15) is 22.6 Å². The molecule has 0 bridgehead atoms. The first-order valence-corrected chi connectivity index (χ1v) is 10.3.